The van der Waals surface area contributed by atoms with Crippen LogP contribution < -0.4 is 14.8 Å². The molecule has 0 radical (unpaired) electrons. The maximum absolute atomic E-state index is 12.4. The highest BCUT2D eigenvalue weighted by molar-refractivity contribution is 6.32. The lowest BCUT2D eigenvalue weighted by molar-refractivity contribution is -0.148. The zero-order chi connectivity index (χ0) is 17.9. The van der Waals surface area contributed by atoms with Gasteiger partial charge in [-0.2, -0.15) is 0 Å². The van der Waals surface area contributed by atoms with Gasteiger partial charge in [0.25, 0.3) is 5.91 Å². The molecular weight excluding hydrogens is 334 g/mol. The number of rotatable bonds is 7. The lowest BCUT2D eigenvalue weighted by Crippen LogP contribution is -2.59. The molecule has 0 aromatic heterocycles. The Morgan fingerprint density at radius 2 is 2.04 bits per heavy atom. The van der Waals surface area contributed by atoms with Crippen LogP contribution in [0.2, 0.25) is 5.02 Å². The molecule has 0 saturated heterocycles. The molecule has 1 aliphatic rings. The average Bonchev–Trinajstić information content (AvgIpc) is 2.47. The smallest absolute Gasteiger partial charge is 0.329 e. The summed E-state index contributed by atoms with van der Waals surface area (Å²) in [6.07, 6.45) is 1.63. The van der Waals surface area contributed by atoms with Gasteiger partial charge in [-0.25, -0.2) is 4.79 Å². The van der Waals surface area contributed by atoms with Gasteiger partial charge in [-0.15, -0.1) is 0 Å². The SMILES string of the molecule is COc1cc(C(=O)NC2(C(=O)O)CCC2)cc(Cl)c1OCC(C)C. The molecule has 0 atom stereocenters. The van der Waals surface area contributed by atoms with Crippen molar-refractivity contribution in [1.29, 1.82) is 0 Å². The molecule has 2 N–H and O–H groups in total. The van der Waals surface area contributed by atoms with Crippen LogP contribution in [0.15, 0.2) is 12.1 Å². The predicted octanol–water partition coefficient (Wildman–Crippen LogP) is 3.12. The number of halogens is 1. The Morgan fingerprint density at radius 1 is 1.38 bits per heavy atom. The highest BCUT2D eigenvalue weighted by Crippen LogP contribution is 2.37. The van der Waals surface area contributed by atoms with E-state index in [9.17, 15) is 14.7 Å². The minimum atomic E-state index is -1.18. The Kier molecular flexibility index (Phi) is 5.59. The molecule has 24 heavy (non-hydrogen) atoms. The molecule has 1 aromatic carbocycles. The fourth-order valence-corrected chi connectivity index (χ4v) is 2.72. The van der Waals surface area contributed by atoms with Gasteiger partial charge >= 0.3 is 5.97 Å². The van der Waals surface area contributed by atoms with E-state index in [2.05, 4.69) is 5.32 Å². The summed E-state index contributed by atoms with van der Waals surface area (Å²) in [7, 11) is 1.46. The fraction of sp³-hybridized carbons (Fsp3) is 0.529. The van der Waals surface area contributed by atoms with Crippen LogP contribution in [-0.4, -0.2) is 36.2 Å². The largest absolute Gasteiger partial charge is 0.493 e. The van der Waals surface area contributed by atoms with Crippen LogP contribution >= 0.6 is 11.6 Å². The van der Waals surface area contributed by atoms with E-state index >= 15 is 0 Å². The number of nitrogens with one attached hydrogen (secondary N) is 1. The minimum absolute atomic E-state index is 0.237. The number of hydrogen-bond acceptors (Lipinski definition) is 4. The van der Waals surface area contributed by atoms with Crippen molar-refractivity contribution < 1.29 is 24.2 Å². The number of carboxylic acid groups (broad SMARTS) is 1. The number of amides is 1. The summed E-state index contributed by atoms with van der Waals surface area (Å²) in [4.78, 5) is 23.8. The highest BCUT2D eigenvalue weighted by atomic mass is 35.5. The Labute approximate surface area is 146 Å². The van der Waals surface area contributed by atoms with E-state index in [1.54, 1.807) is 0 Å². The predicted molar refractivity (Wildman–Crippen MR) is 90.0 cm³/mol. The van der Waals surface area contributed by atoms with Crippen molar-refractivity contribution in [1.82, 2.24) is 5.32 Å². The summed E-state index contributed by atoms with van der Waals surface area (Å²) < 4.78 is 10.9. The van der Waals surface area contributed by atoms with Crippen LogP contribution in [0.1, 0.15) is 43.5 Å². The van der Waals surface area contributed by atoms with E-state index in [1.165, 1.54) is 19.2 Å². The zero-order valence-corrected chi connectivity index (χ0v) is 14.8. The first-order valence-corrected chi connectivity index (χ1v) is 8.23. The molecule has 0 heterocycles. The molecule has 0 bridgehead atoms. The third kappa shape index (κ3) is 3.75. The van der Waals surface area contributed by atoms with Crippen LogP contribution in [-0.2, 0) is 4.79 Å². The molecule has 6 nitrogen and oxygen atoms in total. The second-order valence-electron chi connectivity index (χ2n) is 6.39. The molecular formula is C17H22ClNO5. The van der Waals surface area contributed by atoms with E-state index in [1.807, 2.05) is 13.8 Å². The van der Waals surface area contributed by atoms with Gasteiger partial charge in [-0.3, -0.25) is 4.79 Å². The Hall–Kier alpha value is -1.95. The molecule has 7 heteroatoms. The van der Waals surface area contributed by atoms with Gasteiger partial charge in [0, 0.05) is 5.56 Å². The second-order valence-corrected chi connectivity index (χ2v) is 6.80. The summed E-state index contributed by atoms with van der Waals surface area (Å²) >= 11 is 6.22. The lowest BCUT2D eigenvalue weighted by atomic mass is 9.76. The topological polar surface area (TPSA) is 84.9 Å². The molecule has 1 amide bonds. The third-order valence-electron chi connectivity index (χ3n) is 4.02. The van der Waals surface area contributed by atoms with E-state index < -0.39 is 17.4 Å². The first-order valence-electron chi connectivity index (χ1n) is 7.85. The van der Waals surface area contributed by atoms with Gasteiger partial charge in [-0.05, 0) is 37.3 Å². The fourth-order valence-electron chi connectivity index (χ4n) is 2.45. The summed E-state index contributed by atoms with van der Waals surface area (Å²) in [5, 5.41) is 12.2. The van der Waals surface area contributed by atoms with Crippen LogP contribution in [0, 0.1) is 5.92 Å². The number of ether oxygens (including phenoxy) is 2. The van der Waals surface area contributed by atoms with E-state index in [4.69, 9.17) is 21.1 Å². The minimum Gasteiger partial charge on any atom is -0.493 e. The Bertz CT molecular complexity index is 640. The van der Waals surface area contributed by atoms with Crippen molar-refractivity contribution in [3.8, 4) is 11.5 Å². The summed E-state index contributed by atoms with van der Waals surface area (Å²) in [5.41, 5.74) is -0.940. The van der Waals surface area contributed by atoms with Gasteiger partial charge in [0.2, 0.25) is 0 Å². The van der Waals surface area contributed by atoms with Gasteiger partial charge in [-0.1, -0.05) is 25.4 Å². The van der Waals surface area contributed by atoms with E-state index in [0.29, 0.717) is 36.9 Å². The summed E-state index contributed by atoms with van der Waals surface area (Å²) in [5.74, 6) is -0.486. The van der Waals surface area contributed by atoms with Crippen molar-refractivity contribution >= 4 is 23.5 Å². The highest BCUT2D eigenvalue weighted by Gasteiger charge is 2.45. The van der Waals surface area contributed by atoms with Gasteiger partial charge < -0.3 is 19.9 Å². The number of aliphatic carboxylic acids is 1. The molecule has 1 aromatic rings. The van der Waals surface area contributed by atoms with Gasteiger partial charge in [0.05, 0.1) is 18.7 Å². The maximum atomic E-state index is 12.4. The molecule has 0 unspecified atom stereocenters. The number of carboxylic acids is 1. The monoisotopic (exact) mass is 355 g/mol. The van der Waals surface area contributed by atoms with Crippen molar-refractivity contribution in [3.05, 3.63) is 22.7 Å². The van der Waals surface area contributed by atoms with E-state index in [0.717, 1.165) is 6.42 Å². The van der Waals surface area contributed by atoms with Crippen molar-refractivity contribution in [2.45, 2.75) is 38.6 Å². The first kappa shape index (κ1) is 18.4. The van der Waals surface area contributed by atoms with Gasteiger partial charge in [0.15, 0.2) is 11.5 Å². The first-order chi connectivity index (χ1) is 11.3. The van der Waals surface area contributed by atoms with Gasteiger partial charge in [0.1, 0.15) is 5.54 Å². The second kappa shape index (κ2) is 7.30. The molecule has 2 rings (SSSR count). The molecule has 0 spiro atoms. The number of carbonyl (C=O) groups is 2. The average molecular weight is 356 g/mol. The Morgan fingerprint density at radius 3 is 2.50 bits per heavy atom. The van der Waals surface area contributed by atoms with Crippen LogP contribution in [0.25, 0.3) is 0 Å². The summed E-state index contributed by atoms with van der Waals surface area (Å²) in [6.45, 7) is 4.47. The zero-order valence-electron chi connectivity index (χ0n) is 14.0. The van der Waals surface area contributed by atoms with Crippen molar-refractivity contribution in [3.63, 3.8) is 0 Å². The summed E-state index contributed by atoms with van der Waals surface area (Å²) in [6, 6.07) is 2.97. The quantitative estimate of drug-likeness (QED) is 0.785. The number of carbonyl (C=O) groups excluding carboxylic acids is 1. The van der Waals surface area contributed by atoms with Crippen LogP contribution in [0.4, 0.5) is 0 Å². The molecule has 132 valence electrons. The van der Waals surface area contributed by atoms with Crippen LogP contribution in [0.5, 0.6) is 11.5 Å². The lowest BCUT2D eigenvalue weighted by Gasteiger charge is -2.38. The number of hydrogen-bond donors (Lipinski definition) is 2. The van der Waals surface area contributed by atoms with Crippen LogP contribution in [0.3, 0.4) is 0 Å². The van der Waals surface area contributed by atoms with E-state index in [-0.39, 0.29) is 10.6 Å². The molecule has 1 aliphatic carbocycles. The Balaban J connectivity index is 2.23. The van der Waals surface area contributed by atoms with Crippen molar-refractivity contribution in [2.75, 3.05) is 13.7 Å². The third-order valence-corrected chi connectivity index (χ3v) is 4.30. The van der Waals surface area contributed by atoms with Crippen molar-refractivity contribution in [2.24, 2.45) is 5.92 Å². The standard InChI is InChI=1S/C17H22ClNO5/c1-10(2)9-24-14-12(18)7-11(8-13(14)23-3)15(20)19-17(16(21)22)5-4-6-17/h7-8,10H,4-6,9H2,1-3H3,(H,19,20)(H,21,22). The molecule has 1 fully saturated rings. The molecule has 0 aliphatic heterocycles. The maximum Gasteiger partial charge on any atom is 0.329 e. The normalized spacial score (nSPS) is 15.5. The number of benzene rings is 1. The molecule has 1 saturated carbocycles. The number of methoxy groups -OCH3 is 1.